The van der Waals surface area contributed by atoms with Gasteiger partial charge in [0.1, 0.15) is 0 Å². The van der Waals surface area contributed by atoms with Crippen molar-refractivity contribution in [2.75, 3.05) is 11.5 Å². The molecule has 0 unspecified atom stereocenters. The number of unbranched alkanes of at least 4 members (excludes halogenated alkanes) is 16. The second kappa shape index (κ2) is 25.5. The highest BCUT2D eigenvalue weighted by Gasteiger charge is 2.07. The van der Waals surface area contributed by atoms with Gasteiger partial charge < -0.3 is 11.5 Å². The summed E-state index contributed by atoms with van der Waals surface area (Å²) in [6, 6.07) is 31.8. The van der Waals surface area contributed by atoms with Gasteiger partial charge >= 0.3 is 0 Å². The molecule has 0 aromatic heterocycles. The third-order valence-electron chi connectivity index (χ3n) is 11.3. The molecule has 0 saturated heterocycles. The molecular weight excluding hydrogens is 641 g/mol. The second-order valence-electron chi connectivity index (χ2n) is 16.1. The third-order valence-corrected chi connectivity index (χ3v) is 11.3. The molecule has 0 saturated carbocycles. The summed E-state index contributed by atoms with van der Waals surface area (Å²) < 4.78 is 0. The maximum absolute atomic E-state index is 6.11. The summed E-state index contributed by atoms with van der Waals surface area (Å²) in [4.78, 5) is 0. The fraction of sp³-hybridized carbons (Fsp3) is 0.529. The molecule has 2 nitrogen and oxygen atoms in total. The summed E-state index contributed by atoms with van der Waals surface area (Å²) >= 11 is 0. The van der Waals surface area contributed by atoms with Gasteiger partial charge in [-0.15, -0.1) is 0 Å². The van der Waals surface area contributed by atoms with Gasteiger partial charge in [0.05, 0.1) is 0 Å². The highest BCUT2D eigenvalue weighted by atomic mass is 14.5. The number of benzene rings is 4. The summed E-state index contributed by atoms with van der Waals surface area (Å²) in [5.74, 6) is 0. The van der Waals surface area contributed by atoms with Crippen molar-refractivity contribution in [3.8, 4) is 0 Å². The van der Waals surface area contributed by atoms with Crippen LogP contribution in [-0.2, 0) is 38.5 Å². The molecule has 0 bridgehead atoms. The van der Waals surface area contributed by atoms with E-state index in [0.29, 0.717) is 0 Å². The van der Waals surface area contributed by atoms with E-state index in [2.05, 4.69) is 98.8 Å². The molecule has 2 heteroatoms. The SMILES string of the molecule is CCCCCc1cc(N)ccc1Cc1ccc(CCCCCCCCCCCCCCCc2ccc(Cc3ccc(N)cc3CCCCC)cc2)cc1. The Kier molecular flexibility index (Phi) is 20.3. The fourth-order valence-electron chi connectivity index (χ4n) is 7.92. The predicted octanol–water partition coefficient (Wildman–Crippen LogP) is 14.4. The lowest BCUT2D eigenvalue weighted by Crippen LogP contribution is -1.99. The van der Waals surface area contributed by atoms with E-state index in [1.165, 1.54) is 179 Å². The second-order valence-corrected chi connectivity index (χ2v) is 16.1. The summed E-state index contributed by atoms with van der Waals surface area (Å²) in [7, 11) is 0. The van der Waals surface area contributed by atoms with Crippen LogP contribution in [0.25, 0.3) is 0 Å². The van der Waals surface area contributed by atoms with Crippen LogP contribution in [0.4, 0.5) is 11.4 Å². The van der Waals surface area contributed by atoms with Crippen molar-refractivity contribution in [1.29, 1.82) is 0 Å². The van der Waals surface area contributed by atoms with Crippen molar-refractivity contribution in [3.63, 3.8) is 0 Å². The Labute approximate surface area is 325 Å². The van der Waals surface area contributed by atoms with Crippen LogP contribution in [0.5, 0.6) is 0 Å². The van der Waals surface area contributed by atoms with Crippen LogP contribution in [0.2, 0.25) is 0 Å². The van der Waals surface area contributed by atoms with Gasteiger partial charge in [-0.3, -0.25) is 0 Å². The summed E-state index contributed by atoms with van der Waals surface area (Å²) in [6.07, 6.45) is 32.3. The molecule has 0 fully saturated rings. The Morgan fingerprint density at radius 1 is 0.302 bits per heavy atom. The molecule has 0 amide bonds. The first kappa shape index (κ1) is 42.2. The number of rotatable bonds is 28. The molecule has 4 N–H and O–H groups in total. The Hall–Kier alpha value is -3.52. The predicted molar refractivity (Wildman–Crippen MR) is 234 cm³/mol. The average Bonchev–Trinajstić information content (AvgIpc) is 3.16. The van der Waals surface area contributed by atoms with Crippen LogP contribution in [-0.4, -0.2) is 0 Å². The monoisotopic (exact) mass is 715 g/mol. The minimum absolute atomic E-state index is 0.889. The Morgan fingerprint density at radius 3 is 0.943 bits per heavy atom. The van der Waals surface area contributed by atoms with Gasteiger partial charge in [-0.2, -0.15) is 0 Å². The van der Waals surface area contributed by atoms with Gasteiger partial charge in [-0.25, -0.2) is 0 Å². The molecule has 0 aliphatic heterocycles. The number of anilines is 2. The van der Waals surface area contributed by atoms with Crippen LogP contribution in [0.15, 0.2) is 84.9 Å². The van der Waals surface area contributed by atoms with Crippen molar-refractivity contribution in [1.82, 2.24) is 0 Å². The van der Waals surface area contributed by atoms with Gasteiger partial charge in [0.15, 0.2) is 0 Å². The van der Waals surface area contributed by atoms with E-state index in [1.807, 2.05) is 0 Å². The molecule has 4 aromatic carbocycles. The van der Waals surface area contributed by atoms with Crippen molar-refractivity contribution in [3.05, 3.63) is 129 Å². The van der Waals surface area contributed by atoms with Gasteiger partial charge in [-0.1, -0.05) is 171 Å². The molecule has 4 rings (SSSR count). The van der Waals surface area contributed by atoms with Crippen molar-refractivity contribution >= 4 is 11.4 Å². The van der Waals surface area contributed by atoms with E-state index < -0.39 is 0 Å². The average molecular weight is 715 g/mol. The van der Waals surface area contributed by atoms with Crippen LogP contribution < -0.4 is 11.5 Å². The van der Waals surface area contributed by atoms with Gasteiger partial charge in [0.25, 0.3) is 0 Å². The van der Waals surface area contributed by atoms with Crippen LogP contribution in [0, 0.1) is 0 Å². The molecule has 288 valence electrons. The standard InChI is InChI=1S/C51H74N2/c1-3-5-18-24-46-40-50(52)36-34-48(46)38-44-30-26-42(27-31-44)22-20-16-14-12-10-8-7-9-11-13-15-17-21-23-43-28-32-45(33-29-43)39-49-35-37-51(53)41-47(49)25-19-6-4-2/h26-37,40-41H,3-25,38-39,52-53H2,1-2H3. The van der Waals surface area contributed by atoms with E-state index in [1.54, 1.807) is 0 Å². The van der Waals surface area contributed by atoms with Gasteiger partial charge in [0, 0.05) is 11.4 Å². The number of nitrogens with two attached hydrogens (primary N) is 2. The lowest BCUT2D eigenvalue weighted by molar-refractivity contribution is 0.536. The van der Waals surface area contributed by atoms with E-state index in [-0.39, 0.29) is 0 Å². The number of aryl methyl sites for hydroxylation is 4. The van der Waals surface area contributed by atoms with Crippen molar-refractivity contribution < 1.29 is 0 Å². The van der Waals surface area contributed by atoms with Gasteiger partial charge in [-0.05, 0) is 133 Å². The zero-order chi connectivity index (χ0) is 37.4. The number of nitrogen functional groups attached to an aromatic ring is 2. The summed E-state index contributed by atoms with van der Waals surface area (Å²) in [5.41, 5.74) is 25.5. The third kappa shape index (κ3) is 17.0. The minimum atomic E-state index is 0.889. The smallest absolute Gasteiger partial charge is 0.0316 e. The zero-order valence-electron chi connectivity index (χ0n) is 33.9. The fourth-order valence-corrected chi connectivity index (χ4v) is 7.92. The normalized spacial score (nSPS) is 11.4. The van der Waals surface area contributed by atoms with Crippen molar-refractivity contribution in [2.45, 2.75) is 174 Å². The van der Waals surface area contributed by atoms with E-state index in [0.717, 1.165) is 37.1 Å². The number of hydrogen-bond donors (Lipinski definition) is 2. The topological polar surface area (TPSA) is 52.0 Å². The first-order chi connectivity index (χ1) is 26.0. The van der Waals surface area contributed by atoms with E-state index in [9.17, 15) is 0 Å². The van der Waals surface area contributed by atoms with E-state index >= 15 is 0 Å². The Bertz CT molecular complexity index is 1420. The molecule has 4 aromatic rings. The Balaban J connectivity index is 0.961. The quantitative estimate of drug-likeness (QED) is 0.0454. The first-order valence-corrected chi connectivity index (χ1v) is 21.9. The maximum atomic E-state index is 6.11. The summed E-state index contributed by atoms with van der Waals surface area (Å²) in [6.45, 7) is 4.53. The minimum Gasteiger partial charge on any atom is -0.399 e. The van der Waals surface area contributed by atoms with Crippen LogP contribution in [0.3, 0.4) is 0 Å². The van der Waals surface area contributed by atoms with E-state index in [4.69, 9.17) is 11.5 Å². The molecule has 0 spiro atoms. The Morgan fingerprint density at radius 2 is 0.604 bits per heavy atom. The lowest BCUT2D eigenvalue weighted by Gasteiger charge is -2.11. The molecular formula is C51H74N2. The first-order valence-electron chi connectivity index (χ1n) is 21.9. The highest BCUT2D eigenvalue weighted by Crippen LogP contribution is 2.23. The molecule has 0 heterocycles. The maximum Gasteiger partial charge on any atom is 0.0316 e. The largest absolute Gasteiger partial charge is 0.399 e. The molecule has 0 aliphatic carbocycles. The van der Waals surface area contributed by atoms with Crippen LogP contribution in [0.1, 0.15) is 180 Å². The van der Waals surface area contributed by atoms with Crippen molar-refractivity contribution in [2.24, 2.45) is 0 Å². The molecule has 0 radical (unpaired) electrons. The lowest BCUT2D eigenvalue weighted by atomic mass is 9.95. The highest BCUT2D eigenvalue weighted by molar-refractivity contribution is 5.47. The molecule has 0 aliphatic rings. The molecule has 53 heavy (non-hydrogen) atoms. The van der Waals surface area contributed by atoms with Gasteiger partial charge in [0.2, 0.25) is 0 Å². The zero-order valence-corrected chi connectivity index (χ0v) is 33.9. The molecule has 0 atom stereocenters. The summed E-state index contributed by atoms with van der Waals surface area (Å²) in [5, 5.41) is 0. The van der Waals surface area contributed by atoms with Crippen LogP contribution >= 0.6 is 0 Å². The number of hydrogen-bond acceptors (Lipinski definition) is 2.